The maximum Gasteiger partial charge on any atom is 0.192 e. The Bertz CT molecular complexity index is 2310. The van der Waals surface area contributed by atoms with Crippen LogP contribution in [-0.2, 0) is 0 Å². The molecule has 260 valence electrons. The third-order valence-corrected chi connectivity index (χ3v) is 16.4. The van der Waals surface area contributed by atoms with Crippen LogP contribution in [0.5, 0.6) is 17.2 Å². The molecule has 0 aromatic heterocycles. The lowest BCUT2D eigenvalue weighted by Gasteiger charge is -2.43. The number of fused-ring (bicyclic) bond motifs is 6. The molecule has 2 aliphatic heterocycles. The van der Waals surface area contributed by atoms with E-state index in [0.717, 1.165) is 40.1 Å². The van der Waals surface area contributed by atoms with Crippen LogP contribution < -0.4 is 29.9 Å². The normalized spacial score (nSPS) is 15.9. The molecule has 6 aromatic carbocycles. The van der Waals surface area contributed by atoms with Gasteiger partial charge in [0.1, 0.15) is 23.0 Å². The van der Waals surface area contributed by atoms with Crippen molar-refractivity contribution in [1.29, 1.82) is 0 Å². The van der Waals surface area contributed by atoms with Gasteiger partial charge in [-0.15, -0.1) is 0 Å². The second kappa shape index (κ2) is 13.9. The maximum atomic E-state index is 6.82. The average molecular weight is 706 g/mol. The monoisotopic (exact) mass is 705 g/mol. The second-order valence-electron chi connectivity index (χ2n) is 14.4. The topological polar surface area (TPSA) is 21.7 Å². The fourth-order valence-electron chi connectivity index (χ4n) is 8.84. The van der Waals surface area contributed by atoms with Crippen molar-refractivity contribution in [2.75, 3.05) is 4.90 Å². The number of nitrogens with zero attached hydrogens (tertiary/aromatic N) is 1. The summed E-state index contributed by atoms with van der Waals surface area (Å²) in [7, 11) is -2.89. The van der Waals surface area contributed by atoms with Crippen molar-refractivity contribution < 1.29 is 9.47 Å². The Balaban J connectivity index is 1.25. The summed E-state index contributed by atoms with van der Waals surface area (Å²) in [4.78, 5) is 2.41. The van der Waals surface area contributed by atoms with Crippen molar-refractivity contribution in [2.24, 2.45) is 0 Å². The molecule has 0 unspecified atom stereocenters. The third-order valence-electron chi connectivity index (χ3n) is 11.4. The molecule has 0 N–H and O–H groups in total. The quantitative estimate of drug-likeness (QED) is 0.122. The van der Waals surface area contributed by atoms with Gasteiger partial charge in [0.2, 0.25) is 0 Å². The van der Waals surface area contributed by atoms with Crippen molar-refractivity contribution in [3.8, 4) is 28.4 Å². The minimum atomic E-state index is -2.89. The zero-order valence-electron chi connectivity index (χ0n) is 30.2. The van der Waals surface area contributed by atoms with Crippen LogP contribution in [-0.4, -0.2) is 8.07 Å². The molecule has 1 spiro atoms. The molecule has 1 fully saturated rings. The number of hydrogen-bond donors (Lipinski definition) is 0. The number of hydrogen-bond acceptors (Lipinski definition) is 3. The van der Waals surface area contributed by atoms with Crippen LogP contribution in [0.25, 0.3) is 11.1 Å². The number of benzene rings is 6. The highest BCUT2D eigenvalue weighted by Gasteiger charge is 2.52. The zero-order valence-corrected chi connectivity index (χ0v) is 31.2. The molecular weight excluding hydrogens is 663 g/mol. The first kappa shape index (κ1) is 33.0. The Kier molecular flexibility index (Phi) is 8.69. The minimum Gasteiger partial charge on any atom is -0.458 e. The molecule has 3 nitrogen and oxygen atoms in total. The number of allylic oxidation sites excluding steroid dienone is 4. The van der Waals surface area contributed by atoms with Gasteiger partial charge in [-0.25, -0.2) is 0 Å². The van der Waals surface area contributed by atoms with Crippen LogP contribution in [0.2, 0.25) is 0 Å². The highest BCUT2D eigenvalue weighted by molar-refractivity contribution is 7.17. The summed E-state index contributed by atoms with van der Waals surface area (Å²) in [5, 5.41) is 4.92. The molecule has 6 aromatic rings. The van der Waals surface area contributed by atoms with Gasteiger partial charge in [-0.1, -0.05) is 129 Å². The van der Waals surface area contributed by atoms with Crippen LogP contribution in [0.4, 0.5) is 17.1 Å². The fourth-order valence-corrected chi connectivity index (χ4v) is 14.0. The second-order valence-corrected chi connectivity index (χ2v) is 18.3. The SMILES string of the molecule is C=C/C=C\C1=C(C)[Si]2(c3cc(N(c4ccc(-c5ccccc5)cc4)c4ccc(C5CCCCC5)cc4)ccc3O1)c1ccccc1Oc1ccccc12. The van der Waals surface area contributed by atoms with E-state index in [0.29, 0.717) is 5.92 Å². The smallest absolute Gasteiger partial charge is 0.192 e. The molecule has 4 heteroatoms. The van der Waals surface area contributed by atoms with Gasteiger partial charge in [-0.3, -0.25) is 0 Å². The molecule has 53 heavy (non-hydrogen) atoms. The van der Waals surface area contributed by atoms with E-state index < -0.39 is 8.07 Å². The van der Waals surface area contributed by atoms with Crippen molar-refractivity contribution >= 4 is 40.7 Å². The maximum absolute atomic E-state index is 6.82. The summed E-state index contributed by atoms with van der Waals surface area (Å²) in [6, 6.07) is 52.9. The van der Waals surface area contributed by atoms with Crippen LogP contribution >= 0.6 is 0 Å². The van der Waals surface area contributed by atoms with E-state index in [9.17, 15) is 0 Å². The van der Waals surface area contributed by atoms with Gasteiger partial charge in [0, 0.05) is 17.1 Å². The average Bonchev–Trinajstić information content (AvgIpc) is 3.22. The Hall–Kier alpha value is -5.84. The minimum absolute atomic E-state index is 0.649. The standard InChI is InChI=1S/C49H43NO2Si/c1-3-4-19-43-35(2)53(47-22-13-11-20-44(47)52-45-21-12-14-23-48(45)53)49-34-42(32-33-46(49)51-43)50(40-28-24-38(25-29-40)36-15-7-5-8-16-36)41-30-26-39(27-31-41)37-17-9-6-10-18-37/h3-5,7-8,11-16,19-34,37H,1,6,9-10,17-18H2,2H3/b19-4-. The molecule has 0 atom stereocenters. The lowest BCUT2D eigenvalue weighted by Crippen LogP contribution is -2.71. The van der Waals surface area contributed by atoms with Gasteiger partial charge in [0.25, 0.3) is 0 Å². The van der Waals surface area contributed by atoms with Gasteiger partial charge in [-0.2, -0.15) is 0 Å². The summed E-state index contributed by atoms with van der Waals surface area (Å²) in [5.41, 5.74) is 7.20. The van der Waals surface area contributed by atoms with Crippen molar-refractivity contribution in [2.45, 2.75) is 44.9 Å². The number of para-hydroxylation sites is 2. The van der Waals surface area contributed by atoms with Crippen molar-refractivity contribution in [3.63, 3.8) is 0 Å². The van der Waals surface area contributed by atoms with E-state index in [-0.39, 0.29) is 0 Å². The predicted octanol–water partition coefficient (Wildman–Crippen LogP) is 11.4. The molecule has 0 saturated heterocycles. The summed E-state index contributed by atoms with van der Waals surface area (Å²) in [5.74, 6) is 4.22. The van der Waals surface area contributed by atoms with E-state index in [2.05, 4.69) is 170 Å². The molecule has 0 amide bonds. The van der Waals surface area contributed by atoms with E-state index in [1.807, 2.05) is 12.2 Å². The predicted molar refractivity (Wildman–Crippen MR) is 223 cm³/mol. The van der Waals surface area contributed by atoms with E-state index in [1.165, 1.54) is 69.6 Å². The van der Waals surface area contributed by atoms with Crippen molar-refractivity contribution in [1.82, 2.24) is 0 Å². The van der Waals surface area contributed by atoms with Gasteiger partial charge in [-0.05, 0) is 124 Å². The van der Waals surface area contributed by atoms with E-state index in [1.54, 1.807) is 0 Å². The van der Waals surface area contributed by atoms with Crippen LogP contribution in [0.1, 0.15) is 50.5 Å². The molecule has 1 saturated carbocycles. The number of anilines is 3. The van der Waals surface area contributed by atoms with E-state index in [4.69, 9.17) is 9.47 Å². The molecule has 3 aliphatic rings. The highest BCUT2D eigenvalue weighted by atomic mass is 28.3. The van der Waals surface area contributed by atoms with Gasteiger partial charge in [0.15, 0.2) is 8.07 Å². The molecular formula is C49H43NO2Si. The first-order chi connectivity index (χ1) is 26.1. The first-order valence-electron chi connectivity index (χ1n) is 18.9. The molecule has 1 aliphatic carbocycles. The number of rotatable bonds is 7. The Morgan fingerprint density at radius 3 is 1.81 bits per heavy atom. The van der Waals surface area contributed by atoms with Gasteiger partial charge in [0.05, 0.1) is 0 Å². The fraction of sp³-hybridized carbons (Fsp3) is 0.143. The molecule has 9 rings (SSSR count). The summed E-state index contributed by atoms with van der Waals surface area (Å²) < 4.78 is 13.5. The largest absolute Gasteiger partial charge is 0.458 e. The van der Waals surface area contributed by atoms with E-state index >= 15 is 0 Å². The van der Waals surface area contributed by atoms with Gasteiger partial charge < -0.3 is 14.4 Å². The van der Waals surface area contributed by atoms with Gasteiger partial charge >= 0.3 is 0 Å². The molecule has 2 heterocycles. The molecule has 0 bridgehead atoms. The lowest BCUT2D eigenvalue weighted by molar-refractivity contribution is 0.440. The Morgan fingerprint density at radius 2 is 1.15 bits per heavy atom. The van der Waals surface area contributed by atoms with Crippen LogP contribution in [0.3, 0.4) is 0 Å². The Morgan fingerprint density at radius 1 is 0.585 bits per heavy atom. The Labute approximate surface area is 314 Å². The first-order valence-corrected chi connectivity index (χ1v) is 20.9. The summed E-state index contributed by atoms with van der Waals surface area (Å²) >= 11 is 0. The third kappa shape index (κ3) is 5.75. The number of ether oxygens (including phenoxy) is 2. The highest BCUT2D eigenvalue weighted by Crippen LogP contribution is 2.42. The van der Waals surface area contributed by atoms with Crippen molar-refractivity contribution in [3.05, 3.63) is 187 Å². The van der Waals surface area contributed by atoms with Crippen LogP contribution in [0, 0.1) is 0 Å². The lowest BCUT2D eigenvalue weighted by atomic mass is 9.84. The summed E-state index contributed by atoms with van der Waals surface area (Å²) in [6.45, 7) is 6.21. The van der Waals surface area contributed by atoms with Crippen LogP contribution in [0.15, 0.2) is 181 Å². The summed E-state index contributed by atoms with van der Waals surface area (Å²) in [6.07, 6.45) is 12.4. The zero-order chi connectivity index (χ0) is 35.8. The molecule has 0 radical (unpaired) electrons.